The zero-order valence-electron chi connectivity index (χ0n) is 10.6. The van der Waals surface area contributed by atoms with Crippen molar-refractivity contribution >= 4 is 28.2 Å². The van der Waals surface area contributed by atoms with Gasteiger partial charge in [0.15, 0.2) is 11.0 Å². The normalized spacial score (nSPS) is 17.1. The van der Waals surface area contributed by atoms with Gasteiger partial charge >= 0.3 is 0 Å². The summed E-state index contributed by atoms with van der Waals surface area (Å²) in [7, 11) is 0. The average Bonchev–Trinajstić information content (AvgIpc) is 2.48. The van der Waals surface area contributed by atoms with Crippen molar-refractivity contribution in [3.8, 4) is 0 Å². The van der Waals surface area contributed by atoms with E-state index in [1.54, 1.807) is 0 Å². The summed E-state index contributed by atoms with van der Waals surface area (Å²) in [6.45, 7) is 2.10. The van der Waals surface area contributed by atoms with E-state index in [4.69, 9.17) is 11.6 Å². The monoisotopic (exact) mass is 277 g/mol. The molecule has 1 saturated heterocycles. The van der Waals surface area contributed by atoms with Crippen molar-refractivity contribution in [2.45, 2.75) is 12.8 Å². The third-order valence-electron chi connectivity index (χ3n) is 3.80. The molecule has 0 radical (unpaired) electrons. The van der Waals surface area contributed by atoms with Crippen LogP contribution in [-0.2, 0) is 0 Å². The zero-order chi connectivity index (χ0) is 13.2. The van der Waals surface area contributed by atoms with Gasteiger partial charge in [-0.25, -0.2) is 0 Å². The van der Waals surface area contributed by atoms with Crippen LogP contribution in [0.4, 0.5) is 5.82 Å². The Kier molecular flexibility index (Phi) is 3.53. The Labute approximate surface area is 117 Å². The van der Waals surface area contributed by atoms with Crippen LogP contribution in [0.15, 0.2) is 24.3 Å². The van der Waals surface area contributed by atoms with Crippen LogP contribution in [0.5, 0.6) is 0 Å². The third-order valence-corrected chi connectivity index (χ3v) is 4.07. The lowest BCUT2D eigenvalue weighted by atomic mass is 9.97. The molecule has 4 nitrogen and oxygen atoms in total. The Hall–Kier alpha value is -1.39. The Balaban J connectivity index is 1.95. The first-order valence-corrected chi connectivity index (χ1v) is 6.94. The number of fused-ring (bicyclic) bond motifs is 1. The summed E-state index contributed by atoms with van der Waals surface area (Å²) in [6.07, 6.45) is 1.99. The minimum Gasteiger partial charge on any atom is -0.396 e. The van der Waals surface area contributed by atoms with Crippen molar-refractivity contribution in [3.63, 3.8) is 0 Å². The standard InChI is InChI=1S/C14H16ClN3O/c15-13-11-3-1-2-4-12(11)14(17-16-13)18-7-5-10(9-19)6-8-18/h1-4,10,19H,5-9H2. The Morgan fingerprint density at radius 3 is 2.53 bits per heavy atom. The lowest BCUT2D eigenvalue weighted by molar-refractivity contribution is 0.203. The molecule has 0 amide bonds. The maximum atomic E-state index is 9.19. The smallest absolute Gasteiger partial charge is 0.159 e. The van der Waals surface area contributed by atoms with Crippen molar-refractivity contribution in [2.75, 3.05) is 24.6 Å². The molecule has 3 rings (SSSR count). The van der Waals surface area contributed by atoms with Crippen molar-refractivity contribution in [2.24, 2.45) is 5.92 Å². The molecule has 5 heteroatoms. The van der Waals surface area contributed by atoms with E-state index in [-0.39, 0.29) is 6.61 Å². The number of aromatic nitrogens is 2. The lowest BCUT2D eigenvalue weighted by Crippen LogP contribution is -2.35. The number of rotatable bonds is 2. The topological polar surface area (TPSA) is 49.2 Å². The summed E-state index contributed by atoms with van der Waals surface area (Å²) in [5.41, 5.74) is 0. The van der Waals surface area contributed by atoms with Gasteiger partial charge in [0, 0.05) is 30.5 Å². The second-order valence-corrected chi connectivity index (χ2v) is 5.33. The van der Waals surface area contributed by atoms with Crippen molar-refractivity contribution in [3.05, 3.63) is 29.4 Å². The summed E-state index contributed by atoms with van der Waals surface area (Å²) in [5.74, 6) is 1.32. The number of nitrogens with zero attached hydrogens (tertiary/aromatic N) is 3. The van der Waals surface area contributed by atoms with Crippen LogP contribution in [0.1, 0.15) is 12.8 Å². The number of hydrogen-bond acceptors (Lipinski definition) is 4. The van der Waals surface area contributed by atoms with E-state index in [1.807, 2.05) is 24.3 Å². The lowest BCUT2D eigenvalue weighted by Gasteiger charge is -2.32. The highest BCUT2D eigenvalue weighted by atomic mass is 35.5. The van der Waals surface area contributed by atoms with Crippen LogP contribution < -0.4 is 4.90 Å². The van der Waals surface area contributed by atoms with Gasteiger partial charge in [-0.1, -0.05) is 35.9 Å². The van der Waals surface area contributed by atoms with Crippen LogP contribution in [0.2, 0.25) is 5.15 Å². The van der Waals surface area contributed by atoms with Gasteiger partial charge in [0.05, 0.1) is 0 Å². The largest absolute Gasteiger partial charge is 0.396 e. The average molecular weight is 278 g/mol. The molecule has 1 aliphatic heterocycles. The van der Waals surface area contributed by atoms with E-state index >= 15 is 0 Å². The van der Waals surface area contributed by atoms with Crippen molar-refractivity contribution in [1.29, 1.82) is 0 Å². The second-order valence-electron chi connectivity index (χ2n) is 4.97. The molecule has 0 aliphatic carbocycles. The molecule has 1 aromatic heterocycles. The van der Waals surface area contributed by atoms with Crippen LogP contribution in [0.3, 0.4) is 0 Å². The summed E-state index contributed by atoms with van der Waals surface area (Å²) in [5, 5.41) is 19.9. The maximum Gasteiger partial charge on any atom is 0.159 e. The Morgan fingerprint density at radius 1 is 1.16 bits per heavy atom. The molecule has 1 N–H and O–H groups in total. The van der Waals surface area contributed by atoms with Crippen LogP contribution >= 0.6 is 11.6 Å². The van der Waals surface area contributed by atoms with Gasteiger partial charge < -0.3 is 10.0 Å². The number of hydrogen-bond donors (Lipinski definition) is 1. The number of aliphatic hydroxyl groups excluding tert-OH is 1. The molecule has 0 bridgehead atoms. The zero-order valence-corrected chi connectivity index (χ0v) is 11.3. The fourth-order valence-corrected chi connectivity index (χ4v) is 2.82. The first kappa shape index (κ1) is 12.6. The molecule has 1 fully saturated rings. The second kappa shape index (κ2) is 5.31. The predicted molar refractivity (Wildman–Crippen MR) is 76.6 cm³/mol. The predicted octanol–water partition coefficient (Wildman–Crippen LogP) is 2.49. The highest BCUT2D eigenvalue weighted by molar-refractivity contribution is 6.34. The Morgan fingerprint density at radius 2 is 1.84 bits per heavy atom. The fourth-order valence-electron chi connectivity index (χ4n) is 2.62. The van der Waals surface area contributed by atoms with Gasteiger partial charge in [-0.3, -0.25) is 0 Å². The number of halogens is 1. The molecule has 2 heterocycles. The molecule has 1 aliphatic rings. The van der Waals surface area contributed by atoms with E-state index in [2.05, 4.69) is 15.1 Å². The highest BCUT2D eigenvalue weighted by Crippen LogP contribution is 2.30. The third kappa shape index (κ3) is 2.38. The number of benzene rings is 1. The highest BCUT2D eigenvalue weighted by Gasteiger charge is 2.21. The van der Waals surface area contributed by atoms with Gasteiger partial charge in [0.1, 0.15) is 0 Å². The van der Waals surface area contributed by atoms with Gasteiger partial charge in [0.25, 0.3) is 0 Å². The summed E-state index contributed by atoms with van der Waals surface area (Å²) >= 11 is 6.09. The number of piperidine rings is 1. The molecule has 0 atom stereocenters. The first-order valence-electron chi connectivity index (χ1n) is 6.56. The van der Waals surface area contributed by atoms with E-state index < -0.39 is 0 Å². The van der Waals surface area contributed by atoms with E-state index in [1.165, 1.54) is 0 Å². The van der Waals surface area contributed by atoms with Crippen LogP contribution in [0.25, 0.3) is 10.8 Å². The number of anilines is 1. The van der Waals surface area contributed by atoms with Gasteiger partial charge in [0.2, 0.25) is 0 Å². The van der Waals surface area contributed by atoms with Crippen molar-refractivity contribution in [1.82, 2.24) is 10.2 Å². The van der Waals surface area contributed by atoms with E-state index in [9.17, 15) is 5.11 Å². The molecule has 0 unspecified atom stereocenters. The molecular formula is C14H16ClN3O. The molecule has 0 saturated carbocycles. The van der Waals surface area contributed by atoms with Crippen LogP contribution in [-0.4, -0.2) is 35.0 Å². The van der Waals surface area contributed by atoms with Crippen LogP contribution in [0, 0.1) is 5.92 Å². The summed E-state index contributed by atoms with van der Waals surface area (Å²) in [4.78, 5) is 2.23. The number of aliphatic hydroxyl groups is 1. The maximum absolute atomic E-state index is 9.19. The van der Waals surface area contributed by atoms with Gasteiger partial charge in [-0.15, -0.1) is 10.2 Å². The van der Waals surface area contributed by atoms with E-state index in [0.29, 0.717) is 11.1 Å². The molecule has 2 aromatic rings. The quantitative estimate of drug-likeness (QED) is 0.916. The minimum absolute atomic E-state index is 0.279. The minimum atomic E-state index is 0.279. The first-order chi connectivity index (χ1) is 9.29. The molecule has 1 aromatic carbocycles. The van der Waals surface area contributed by atoms with Gasteiger partial charge in [-0.2, -0.15) is 0 Å². The summed E-state index contributed by atoms with van der Waals surface area (Å²) in [6, 6.07) is 7.95. The molecule has 19 heavy (non-hydrogen) atoms. The SMILES string of the molecule is OCC1CCN(c2nnc(Cl)c3ccccc23)CC1. The fraction of sp³-hybridized carbons (Fsp3) is 0.429. The Bertz CT molecular complexity index is 582. The molecule has 100 valence electrons. The summed E-state index contributed by atoms with van der Waals surface area (Å²) < 4.78 is 0. The van der Waals surface area contributed by atoms with E-state index in [0.717, 1.165) is 42.5 Å². The van der Waals surface area contributed by atoms with Crippen molar-refractivity contribution < 1.29 is 5.11 Å². The molecule has 0 spiro atoms. The van der Waals surface area contributed by atoms with Gasteiger partial charge in [-0.05, 0) is 18.8 Å². The molecular weight excluding hydrogens is 262 g/mol.